The molecule has 5 nitrogen and oxygen atoms in total. The van der Waals surface area contributed by atoms with Gasteiger partial charge in [-0.2, -0.15) is 4.58 Å². The van der Waals surface area contributed by atoms with Crippen LogP contribution in [0, 0.1) is 0 Å². The second-order valence-electron chi connectivity index (χ2n) is 14.6. The van der Waals surface area contributed by atoms with Crippen LogP contribution in [-0.2, 0) is 20.9 Å². The van der Waals surface area contributed by atoms with E-state index >= 15 is 0 Å². The zero-order valence-corrected chi connectivity index (χ0v) is 30.5. The lowest BCUT2D eigenvalue weighted by Gasteiger charge is -2.27. The molecule has 0 amide bonds. The third-order valence-corrected chi connectivity index (χ3v) is 11.3. The molecule has 2 aliphatic heterocycles. The van der Waals surface area contributed by atoms with E-state index in [4.69, 9.17) is 0 Å². The van der Waals surface area contributed by atoms with Gasteiger partial charge in [0.1, 0.15) is 6.54 Å². The molecule has 0 fully saturated rings. The van der Waals surface area contributed by atoms with E-state index in [0.717, 1.165) is 18.7 Å². The highest BCUT2D eigenvalue weighted by Crippen LogP contribution is 2.51. The Bertz CT molecular complexity index is 2100. The number of rotatable bonds is 13. The van der Waals surface area contributed by atoms with Crippen LogP contribution < -0.4 is 4.90 Å². The van der Waals surface area contributed by atoms with E-state index in [1.54, 1.807) is 0 Å². The van der Waals surface area contributed by atoms with Crippen LogP contribution in [0.2, 0.25) is 0 Å². The molecule has 256 valence electrons. The minimum Gasteiger partial charge on any atom is -0.748 e. The Morgan fingerprint density at radius 2 is 1.41 bits per heavy atom. The summed E-state index contributed by atoms with van der Waals surface area (Å²) in [5.74, 6) is -0.330. The second-order valence-corrected chi connectivity index (χ2v) is 16.1. The molecule has 0 saturated heterocycles. The Balaban J connectivity index is 1.32. The zero-order chi connectivity index (χ0) is 34.8. The standard InChI is InChI=1S/C43H50N2O3S/c1-6-7-8-16-29-44-36-27-25-32-19-12-14-21-34(32)40(36)42(2,3)38(44)23-10-9-11-24-39-43(4,5)41-35-22-15-13-20-33(35)26-28-37(41)45(39)30-17-18-31-49(46,47)48/h9-15,19-28H,6-8,16-18,29-31H2,1-5H3. The van der Waals surface area contributed by atoms with Crippen molar-refractivity contribution in [1.82, 2.24) is 0 Å². The molecule has 0 radical (unpaired) electrons. The summed E-state index contributed by atoms with van der Waals surface area (Å²) in [5, 5.41) is 5.05. The minimum absolute atomic E-state index is 0.145. The molecule has 0 N–H and O–H groups in total. The lowest BCUT2D eigenvalue weighted by atomic mass is 9.79. The molecule has 0 atom stereocenters. The number of hydrogen-bond donors (Lipinski definition) is 0. The first kappa shape index (κ1) is 34.8. The second kappa shape index (κ2) is 14.1. The molecular formula is C43H50N2O3S. The Morgan fingerprint density at radius 3 is 2.10 bits per heavy atom. The number of fused-ring (bicyclic) bond motifs is 6. The number of benzene rings is 4. The molecule has 6 rings (SSSR count). The van der Waals surface area contributed by atoms with E-state index in [1.807, 2.05) is 0 Å². The first-order chi connectivity index (χ1) is 23.4. The van der Waals surface area contributed by atoms with Crippen molar-refractivity contribution in [2.24, 2.45) is 0 Å². The molecule has 0 aromatic heterocycles. The predicted octanol–water partition coefficient (Wildman–Crippen LogP) is 10.1. The van der Waals surface area contributed by atoms with Gasteiger partial charge in [0, 0.05) is 53.2 Å². The molecule has 49 heavy (non-hydrogen) atoms. The fourth-order valence-corrected chi connectivity index (χ4v) is 8.71. The van der Waals surface area contributed by atoms with Gasteiger partial charge in [0.25, 0.3) is 0 Å². The van der Waals surface area contributed by atoms with Crippen molar-refractivity contribution in [3.63, 3.8) is 0 Å². The Kier molecular flexibility index (Phi) is 10.0. The van der Waals surface area contributed by atoms with Gasteiger partial charge in [-0.1, -0.05) is 106 Å². The van der Waals surface area contributed by atoms with E-state index < -0.39 is 10.1 Å². The Morgan fingerprint density at radius 1 is 0.735 bits per heavy atom. The van der Waals surface area contributed by atoms with Crippen LogP contribution in [0.25, 0.3) is 21.5 Å². The molecule has 2 heterocycles. The van der Waals surface area contributed by atoms with Crippen molar-refractivity contribution in [3.05, 3.63) is 120 Å². The summed E-state index contributed by atoms with van der Waals surface area (Å²) in [6, 6.07) is 26.2. The van der Waals surface area contributed by atoms with Crippen LogP contribution in [0.5, 0.6) is 0 Å². The van der Waals surface area contributed by atoms with Gasteiger partial charge < -0.3 is 9.45 Å². The molecule has 0 bridgehead atoms. The lowest BCUT2D eigenvalue weighted by Crippen LogP contribution is -2.28. The van der Waals surface area contributed by atoms with E-state index in [9.17, 15) is 13.0 Å². The highest BCUT2D eigenvalue weighted by Gasteiger charge is 2.45. The predicted molar refractivity (Wildman–Crippen MR) is 205 cm³/mol. The number of allylic oxidation sites excluding steroid dienone is 6. The number of nitrogens with zero attached hydrogens (tertiary/aromatic N) is 2. The third-order valence-electron chi connectivity index (χ3n) is 10.5. The molecule has 0 unspecified atom stereocenters. The van der Waals surface area contributed by atoms with Crippen LogP contribution >= 0.6 is 0 Å². The maximum absolute atomic E-state index is 11.3. The summed E-state index contributed by atoms with van der Waals surface area (Å²) in [5.41, 5.74) is 7.24. The van der Waals surface area contributed by atoms with Gasteiger partial charge in [-0.3, -0.25) is 0 Å². The monoisotopic (exact) mass is 674 g/mol. The van der Waals surface area contributed by atoms with Crippen LogP contribution in [0.1, 0.15) is 84.3 Å². The minimum atomic E-state index is -4.23. The summed E-state index contributed by atoms with van der Waals surface area (Å²) in [6.07, 6.45) is 16.8. The summed E-state index contributed by atoms with van der Waals surface area (Å²) in [6.45, 7) is 13.2. The Labute approximate surface area is 293 Å². The quantitative estimate of drug-likeness (QED) is 0.0613. The van der Waals surface area contributed by atoms with Crippen molar-refractivity contribution in [3.8, 4) is 0 Å². The van der Waals surface area contributed by atoms with Crippen molar-refractivity contribution < 1.29 is 17.5 Å². The fraction of sp³-hybridized carbons (Fsp3) is 0.372. The molecule has 4 aromatic rings. The summed E-state index contributed by atoms with van der Waals surface area (Å²) in [4.78, 5) is 2.32. The van der Waals surface area contributed by atoms with Gasteiger partial charge in [-0.25, -0.2) is 8.42 Å². The highest BCUT2D eigenvalue weighted by molar-refractivity contribution is 7.85. The van der Waals surface area contributed by atoms with E-state index in [2.05, 4.69) is 147 Å². The fourth-order valence-electron chi connectivity index (χ4n) is 8.16. The van der Waals surface area contributed by atoms with E-state index in [1.165, 1.54) is 69.0 Å². The molecule has 0 aliphatic carbocycles. The summed E-state index contributed by atoms with van der Waals surface area (Å²) < 4.78 is 36.4. The molecule has 6 heteroatoms. The zero-order valence-electron chi connectivity index (χ0n) is 29.7. The van der Waals surface area contributed by atoms with Crippen molar-refractivity contribution in [1.29, 1.82) is 0 Å². The van der Waals surface area contributed by atoms with Gasteiger partial charge in [-0.05, 0) is 78.4 Å². The topological polar surface area (TPSA) is 63.5 Å². The average Bonchev–Trinajstić information content (AvgIpc) is 3.42. The van der Waals surface area contributed by atoms with Crippen molar-refractivity contribution in [2.75, 3.05) is 23.7 Å². The van der Waals surface area contributed by atoms with Crippen LogP contribution in [0.3, 0.4) is 0 Å². The van der Waals surface area contributed by atoms with Gasteiger partial charge in [-0.15, -0.1) is 0 Å². The maximum atomic E-state index is 11.3. The van der Waals surface area contributed by atoms with Crippen LogP contribution in [0.4, 0.5) is 11.4 Å². The average molecular weight is 675 g/mol. The van der Waals surface area contributed by atoms with Crippen molar-refractivity contribution in [2.45, 2.75) is 84.0 Å². The Hall–Kier alpha value is -4.00. The van der Waals surface area contributed by atoms with Gasteiger partial charge in [0.15, 0.2) is 5.71 Å². The molecular weight excluding hydrogens is 625 g/mol. The van der Waals surface area contributed by atoms with Gasteiger partial charge in [0.05, 0.1) is 15.5 Å². The van der Waals surface area contributed by atoms with Gasteiger partial charge >= 0.3 is 0 Å². The van der Waals surface area contributed by atoms with Crippen LogP contribution in [0.15, 0.2) is 109 Å². The van der Waals surface area contributed by atoms with Gasteiger partial charge in [0.2, 0.25) is 5.69 Å². The molecule has 0 spiro atoms. The third kappa shape index (κ3) is 6.91. The largest absolute Gasteiger partial charge is 0.748 e. The summed E-state index contributed by atoms with van der Waals surface area (Å²) in [7, 11) is -4.23. The molecule has 0 saturated carbocycles. The highest BCUT2D eigenvalue weighted by atomic mass is 32.2. The lowest BCUT2D eigenvalue weighted by molar-refractivity contribution is -0.438. The number of anilines is 1. The van der Waals surface area contributed by atoms with E-state index in [0.29, 0.717) is 19.4 Å². The van der Waals surface area contributed by atoms with Crippen molar-refractivity contribution >= 4 is 48.7 Å². The molecule has 4 aromatic carbocycles. The van der Waals surface area contributed by atoms with Crippen LogP contribution in [-0.4, -0.2) is 42.1 Å². The normalized spacial score (nSPS) is 17.8. The van der Waals surface area contributed by atoms with E-state index in [-0.39, 0.29) is 16.6 Å². The SMILES string of the molecule is CCCCCC[N+]1=C(/C=C/C=C/C=C2/N(CCCCS(=O)(=O)[O-])c3ccc4ccccc4c3C2(C)C)C(C)(C)c2c1ccc1ccccc21. The maximum Gasteiger partial charge on any atom is 0.210 e. The molecule has 2 aliphatic rings. The summed E-state index contributed by atoms with van der Waals surface area (Å²) >= 11 is 0. The number of unbranched alkanes of at least 4 members (excludes halogenated alkanes) is 4. The first-order valence-corrected chi connectivity index (χ1v) is 19.5. The number of hydrogen-bond acceptors (Lipinski definition) is 4. The smallest absolute Gasteiger partial charge is 0.210 e. The first-order valence-electron chi connectivity index (χ1n) is 17.9.